The molecule has 1 unspecified atom stereocenters. The number of methoxy groups -OCH3 is 1. The number of allylic oxidation sites excluding steroid dienone is 3. The minimum Gasteiger partial charge on any atom is -0.497 e. The number of nitrogens with zero attached hydrogens (tertiary/aromatic N) is 1. The van der Waals surface area contributed by atoms with Gasteiger partial charge >= 0.3 is 0 Å². The van der Waals surface area contributed by atoms with E-state index in [4.69, 9.17) is 10.00 Å². The van der Waals surface area contributed by atoms with Gasteiger partial charge in [-0.2, -0.15) is 5.26 Å². The fraction of sp³-hybridized carbons (Fsp3) is 0.455. The second kappa shape index (κ2) is 4.10. The molecule has 0 spiro atoms. The van der Waals surface area contributed by atoms with E-state index in [-0.39, 0.29) is 12.2 Å². The lowest BCUT2D eigenvalue weighted by Crippen LogP contribution is -2.27. The van der Waals surface area contributed by atoms with Crippen molar-refractivity contribution < 1.29 is 9.53 Å². The predicted molar refractivity (Wildman–Crippen MR) is 52.2 cm³/mol. The number of rotatable bonds is 3. The zero-order valence-corrected chi connectivity index (χ0v) is 8.41. The van der Waals surface area contributed by atoms with Gasteiger partial charge in [-0.1, -0.05) is 6.08 Å². The Morgan fingerprint density at radius 2 is 2.50 bits per heavy atom. The first kappa shape index (κ1) is 10.5. The smallest absolute Gasteiger partial charge is 0.141 e. The molecule has 1 aliphatic carbocycles. The summed E-state index contributed by atoms with van der Waals surface area (Å²) in [6.45, 7) is 1.52. The van der Waals surface area contributed by atoms with E-state index in [0.717, 1.165) is 5.76 Å². The average molecular weight is 191 g/mol. The van der Waals surface area contributed by atoms with Crippen molar-refractivity contribution in [3.63, 3.8) is 0 Å². The fourth-order valence-corrected chi connectivity index (χ4v) is 1.47. The normalized spacial score (nSPS) is 25.1. The molecule has 0 N–H and O–H groups in total. The van der Waals surface area contributed by atoms with Gasteiger partial charge in [0.1, 0.15) is 11.5 Å². The van der Waals surface area contributed by atoms with Gasteiger partial charge < -0.3 is 4.74 Å². The van der Waals surface area contributed by atoms with E-state index in [1.807, 2.05) is 6.08 Å². The molecule has 0 saturated heterocycles. The summed E-state index contributed by atoms with van der Waals surface area (Å²) in [4.78, 5) is 11.4. The maximum absolute atomic E-state index is 11.4. The molecule has 1 atom stereocenters. The third-order valence-electron chi connectivity index (χ3n) is 2.57. The number of hydrogen-bond donors (Lipinski definition) is 0. The molecule has 0 heterocycles. The molecular formula is C11H13NO2. The molecule has 1 rings (SSSR count). The molecule has 3 heteroatoms. The third-order valence-corrected chi connectivity index (χ3v) is 2.57. The first-order valence-corrected chi connectivity index (χ1v) is 4.46. The van der Waals surface area contributed by atoms with E-state index < -0.39 is 5.41 Å². The van der Waals surface area contributed by atoms with Gasteiger partial charge in [-0.15, -0.1) is 0 Å². The van der Waals surface area contributed by atoms with Crippen molar-refractivity contribution in [3.05, 3.63) is 24.0 Å². The minimum atomic E-state index is -0.628. The van der Waals surface area contributed by atoms with Gasteiger partial charge in [0.25, 0.3) is 0 Å². The fourth-order valence-electron chi connectivity index (χ4n) is 1.47. The minimum absolute atomic E-state index is 0.0294. The largest absolute Gasteiger partial charge is 0.497 e. The quantitative estimate of drug-likeness (QED) is 0.685. The van der Waals surface area contributed by atoms with E-state index >= 15 is 0 Å². The zero-order valence-electron chi connectivity index (χ0n) is 8.41. The van der Waals surface area contributed by atoms with Gasteiger partial charge in [0.05, 0.1) is 25.0 Å². The first-order valence-electron chi connectivity index (χ1n) is 4.46. The Morgan fingerprint density at radius 3 is 2.86 bits per heavy atom. The van der Waals surface area contributed by atoms with Crippen molar-refractivity contribution in [2.45, 2.75) is 19.8 Å². The number of ketones is 1. The lowest BCUT2D eigenvalue weighted by atomic mass is 9.76. The summed E-state index contributed by atoms with van der Waals surface area (Å²) < 4.78 is 5.02. The van der Waals surface area contributed by atoms with Gasteiger partial charge in [0.2, 0.25) is 0 Å². The molecule has 1 aliphatic rings. The first-order chi connectivity index (χ1) is 6.64. The molecule has 0 fully saturated rings. The molecule has 0 aromatic rings. The highest BCUT2D eigenvalue weighted by Crippen LogP contribution is 2.34. The Morgan fingerprint density at radius 1 is 1.79 bits per heavy atom. The van der Waals surface area contributed by atoms with Gasteiger partial charge in [-0.05, 0) is 25.5 Å². The van der Waals surface area contributed by atoms with Crippen LogP contribution in [0.2, 0.25) is 0 Å². The molecule has 14 heavy (non-hydrogen) atoms. The molecule has 0 bridgehead atoms. The summed E-state index contributed by atoms with van der Waals surface area (Å²) in [6, 6.07) is 2.05. The Kier molecular flexibility index (Phi) is 3.08. The van der Waals surface area contributed by atoms with Crippen molar-refractivity contribution in [1.29, 1.82) is 5.26 Å². The van der Waals surface area contributed by atoms with Crippen molar-refractivity contribution in [1.82, 2.24) is 0 Å². The standard InChI is InChI=1S/C11H13NO2/c1-9(13)11(7-8-12)5-3-10(14-2)4-6-11/h3-5H,6-7H2,1-2H3. The van der Waals surface area contributed by atoms with E-state index in [0.29, 0.717) is 6.42 Å². The second-order valence-electron chi connectivity index (χ2n) is 3.40. The molecule has 0 amide bonds. The van der Waals surface area contributed by atoms with E-state index in [9.17, 15) is 4.79 Å². The topological polar surface area (TPSA) is 50.1 Å². The summed E-state index contributed by atoms with van der Waals surface area (Å²) in [7, 11) is 1.58. The molecule has 74 valence electrons. The summed E-state index contributed by atoms with van der Waals surface area (Å²) in [5, 5.41) is 8.67. The van der Waals surface area contributed by atoms with Crippen molar-refractivity contribution in [3.8, 4) is 6.07 Å². The Labute approximate surface area is 83.7 Å². The van der Waals surface area contributed by atoms with Gasteiger partial charge in [-0.25, -0.2) is 0 Å². The van der Waals surface area contributed by atoms with Crippen molar-refractivity contribution >= 4 is 5.78 Å². The number of hydrogen-bond acceptors (Lipinski definition) is 3. The lowest BCUT2D eigenvalue weighted by molar-refractivity contribution is -0.123. The summed E-state index contributed by atoms with van der Waals surface area (Å²) in [5.41, 5.74) is -0.628. The van der Waals surface area contributed by atoms with E-state index in [1.54, 1.807) is 19.3 Å². The molecule has 3 nitrogen and oxygen atoms in total. The monoisotopic (exact) mass is 191 g/mol. The highest BCUT2D eigenvalue weighted by Gasteiger charge is 2.33. The van der Waals surface area contributed by atoms with Crippen LogP contribution < -0.4 is 0 Å². The van der Waals surface area contributed by atoms with Crippen LogP contribution in [-0.2, 0) is 9.53 Å². The van der Waals surface area contributed by atoms with Crippen LogP contribution in [0, 0.1) is 16.7 Å². The molecular weight excluding hydrogens is 178 g/mol. The molecule has 0 saturated carbocycles. The van der Waals surface area contributed by atoms with Crippen LogP contribution in [0.1, 0.15) is 19.8 Å². The third kappa shape index (κ3) is 1.85. The second-order valence-corrected chi connectivity index (χ2v) is 3.40. The zero-order chi connectivity index (χ0) is 10.6. The van der Waals surface area contributed by atoms with Crippen molar-refractivity contribution in [2.24, 2.45) is 5.41 Å². The predicted octanol–water partition coefficient (Wildman–Crippen LogP) is 1.97. The van der Waals surface area contributed by atoms with Crippen molar-refractivity contribution in [2.75, 3.05) is 7.11 Å². The van der Waals surface area contributed by atoms with Crippen LogP contribution in [0.4, 0.5) is 0 Å². The number of Topliss-reactive ketones (excluding diaryl/α,β-unsaturated/α-hetero) is 1. The van der Waals surface area contributed by atoms with Crippen LogP contribution >= 0.6 is 0 Å². The summed E-state index contributed by atoms with van der Waals surface area (Å²) >= 11 is 0. The van der Waals surface area contributed by atoms with Crippen LogP contribution in [-0.4, -0.2) is 12.9 Å². The van der Waals surface area contributed by atoms with Crippen LogP contribution in [0.3, 0.4) is 0 Å². The number of carbonyl (C=O) groups excluding carboxylic acids is 1. The molecule has 0 aromatic heterocycles. The number of nitriles is 1. The SMILES string of the molecule is COC1=CCC(CC#N)(C(C)=O)C=C1. The highest BCUT2D eigenvalue weighted by molar-refractivity contribution is 5.85. The number of carbonyl (C=O) groups is 1. The van der Waals surface area contributed by atoms with Gasteiger partial charge in [0.15, 0.2) is 0 Å². The Hall–Kier alpha value is -1.56. The number of ether oxygens (including phenoxy) is 1. The van der Waals surface area contributed by atoms with Crippen LogP contribution in [0.15, 0.2) is 24.0 Å². The van der Waals surface area contributed by atoms with Crippen LogP contribution in [0.25, 0.3) is 0 Å². The van der Waals surface area contributed by atoms with Crippen LogP contribution in [0.5, 0.6) is 0 Å². The summed E-state index contributed by atoms with van der Waals surface area (Å²) in [6.07, 6.45) is 6.15. The maximum atomic E-state index is 11.4. The Bertz CT molecular complexity index is 336. The van der Waals surface area contributed by atoms with E-state index in [2.05, 4.69) is 6.07 Å². The lowest BCUT2D eigenvalue weighted by Gasteiger charge is -2.26. The average Bonchev–Trinajstić information content (AvgIpc) is 2.19. The van der Waals surface area contributed by atoms with E-state index in [1.165, 1.54) is 6.92 Å². The van der Waals surface area contributed by atoms with Gasteiger partial charge in [-0.3, -0.25) is 4.79 Å². The molecule has 0 radical (unpaired) electrons. The highest BCUT2D eigenvalue weighted by atomic mass is 16.5. The summed E-state index contributed by atoms with van der Waals surface area (Å²) in [5.74, 6) is 0.779. The molecule has 0 aliphatic heterocycles. The maximum Gasteiger partial charge on any atom is 0.141 e. The molecule has 0 aromatic carbocycles. The Balaban J connectivity index is 2.88. The van der Waals surface area contributed by atoms with Gasteiger partial charge in [0, 0.05) is 0 Å².